The van der Waals surface area contributed by atoms with Crippen molar-refractivity contribution in [3.05, 3.63) is 29.6 Å². The van der Waals surface area contributed by atoms with Crippen molar-refractivity contribution in [1.29, 1.82) is 0 Å². The molecule has 0 spiro atoms. The van der Waals surface area contributed by atoms with Gasteiger partial charge < -0.3 is 9.26 Å². The van der Waals surface area contributed by atoms with Crippen molar-refractivity contribution < 1.29 is 9.26 Å². The zero-order chi connectivity index (χ0) is 13.1. The molecular formula is C13H15ClN2O2. The van der Waals surface area contributed by atoms with E-state index in [1.165, 1.54) is 0 Å². The molecule has 0 bridgehead atoms. The van der Waals surface area contributed by atoms with E-state index in [1.54, 1.807) is 7.11 Å². The maximum Gasteiger partial charge on any atom is 0.258 e. The summed E-state index contributed by atoms with van der Waals surface area (Å²) >= 11 is 6.07. The van der Waals surface area contributed by atoms with Gasteiger partial charge in [-0.3, -0.25) is 0 Å². The molecule has 1 aromatic carbocycles. The molecule has 0 aliphatic rings. The number of methoxy groups -OCH3 is 1. The number of aromatic nitrogens is 2. The molecule has 0 aliphatic heterocycles. The number of aryl methyl sites for hydroxylation is 1. The van der Waals surface area contributed by atoms with Crippen LogP contribution in [0.1, 0.15) is 30.1 Å². The number of hydrogen-bond donors (Lipinski definition) is 0. The molecule has 1 heterocycles. The summed E-state index contributed by atoms with van der Waals surface area (Å²) < 4.78 is 10.5. The number of alkyl halides is 1. The van der Waals surface area contributed by atoms with Gasteiger partial charge in [0.2, 0.25) is 0 Å². The lowest BCUT2D eigenvalue weighted by Crippen LogP contribution is -1.91. The van der Waals surface area contributed by atoms with Gasteiger partial charge in [0.1, 0.15) is 5.75 Å². The van der Waals surface area contributed by atoms with Crippen LogP contribution in [-0.2, 0) is 0 Å². The minimum atomic E-state index is -0.213. The SMILES string of the molecule is CCC(Cl)c1noc(-c2ccc(C)c(OC)c2)n1. The molecule has 2 aromatic rings. The summed E-state index contributed by atoms with van der Waals surface area (Å²) in [5.74, 6) is 1.78. The Morgan fingerprint density at radius 3 is 2.89 bits per heavy atom. The van der Waals surface area contributed by atoms with Gasteiger partial charge in [0, 0.05) is 5.56 Å². The second kappa shape index (κ2) is 5.40. The highest BCUT2D eigenvalue weighted by Crippen LogP contribution is 2.28. The van der Waals surface area contributed by atoms with E-state index in [1.807, 2.05) is 32.0 Å². The Labute approximate surface area is 111 Å². The van der Waals surface area contributed by atoms with Crippen molar-refractivity contribution in [3.8, 4) is 17.2 Å². The first kappa shape index (κ1) is 12.9. The van der Waals surface area contributed by atoms with Gasteiger partial charge in [-0.05, 0) is 31.0 Å². The number of rotatable bonds is 4. The summed E-state index contributed by atoms with van der Waals surface area (Å²) in [6.45, 7) is 3.95. The van der Waals surface area contributed by atoms with Crippen LogP contribution < -0.4 is 4.74 Å². The second-order valence-corrected chi connectivity index (χ2v) is 4.54. The fourth-order valence-electron chi connectivity index (χ4n) is 1.61. The summed E-state index contributed by atoms with van der Waals surface area (Å²) in [5.41, 5.74) is 1.89. The van der Waals surface area contributed by atoms with Crippen LogP contribution in [0.15, 0.2) is 22.7 Å². The van der Waals surface area contributed by atoms with Crippen LogP contribution in [0.3, 0.4) is 0 Å². The molecule has 18 heavy (non-hydrogen) atoms. The van der Waals surface area contributed by atoms with Crippen molar-refractivity contribution in [3.63, 3.8) is 0 Å². The third-order valence-corrected chi connectivity index (χ3v) is 3.24. The minimum Gasteiger partial charge on any atom is -0.496 e. The molecular weight excluding hydrogens is 252 g/mol. The predicted octanol–water partition coefficient (Wildman–Crippen LogP) is 3.74. The Balaban J connectivity index is 2.34. The Kier molecular flexibility index (Phi) is 3.87. The smallest absolute Gasteiger partial charge is 0.258 e. The number of ether oxygens (including phenoxy) is 1. The largest absolute Gasteiger partial charge is 0.496 e. The number of benzene rings is 1. The number of halogens is 1. The lowest BCUT2D eigenvalue weighted by atomic mass is 10.1. The summed E-state index contributed by atoms with van der Waals surface area (Å²) in [7, 11) is 1.64. The molecule has 1 unspecified atom stereocenters. The molecule has 0 radical (unpaired) electrons. The van der Waals surface area contributed by atoms with Crippen molar-refractivity contribution in [2.45, 2.75) is 25.6 Å². The highest BCUT2D eigenvalue weighted by atomic mass is 35.5. The molecule has 0 saturated heterocycles. The van der Waals surface area contributed by atoms with Gasteiger partial charge in [-0.15, -0.1) is 11.6 Å². The highest BCUT2D eigenvalue weighted by Gasteiger charge is 2.15. The van der Waals surface area contributed by atoms with Crippen LogP contribution >= 0.6 is 11.6 Å². The van der Waals surface area contributed by atoms with E-state index in [2.05, 4.69) is 10.1 Å². The van der Waals surface area contributed by atoms with Crippen molar-refractivity contribution in [2.75, 3.05) is 7.11 Å². The first-order chi connectivity index (χ1) is 8.65. The van der Waals surface area contributed by atoms with E-state index < -0.39 is 0 Å². The lowest BCUT2D eigenvalue weighted by molar-refractivity contribution is 0.409. The third kappa shape index (κ3) is 2.48. The van der Waals surface area contributed by atoms with Gasteiger partial charge in [0.05, 0.1) is 12.5 Å². The number of nitrogens with zero attached hydrogens (tertiary/aromatic N) is 2. The fraction of sp³-hybridized carbons (Fsp3) is 0.385. The number of hydrogen-bond acceptors (Lipinski definition) is 4. The third-order valence-electron chi connectivity index (χ3n) is 2.74. The van der Waals surface area contributed by atoms with E-state index >= 15 is 0 Å². The molecule has 2 rings (SSSR count). The summed E-state index contributed by atoms with van der Waals surface area (Å²) in [6, 6.07) is 5.75. The van der Waals surface area contributed by atoms with Gasteiger partial charge in [-0.2, -0.15) is 4.98 Å². The van der Waals surface area contributed by atoms with Crippen LogP contribution in [0.2, 0.25) is 0 Å². The Morgan fingerprint density at radius 2 is 2.22 bits per heavy atom. The van der Waals surface area contributed by atoms with Crippen molar-refractivity contribution >= 4 is 11.6 Å². The second-order valence-electron chi connectivity index (χ2n) is 4.02. The van der Waals surface area contributed by atoms with Gasteiger partial charge >= 0.3 is 0 Å². The predicted molar refractivity (Wildman–Crippen MR) is 69.9 cm³/mol. The molecule has 0 aliphatic carbocycles. The minimum absolute atomic E-state index is 0.213. The highest BCUT2D eigenvalue weighted by molar-refractivity contribution is 6.20. The van der Waals surface area contributed by atoms with Gasteiger partial charge in [-0.25, -0.2) is 0 Å². The van der Waals surface area contributed by atoms with Gasteiger partial charge in [0.15, 0.2) is 5.82 Å². The fourth-order valence-corrected chi connectivity index (χ4v) is 1.70. The molecule has 4 nitrogen and oxygen atoms in total. The van der Waals surface area contributed by atoms with Gasteiger partial charge in [0.25, 0.3) is 5.89 Å². The van der Waals surface area contributed by atoms with Crippen molar-refractivity contribution in [1.82, 2.24) is 10.1 Å². The van der Waals surface area contributed by atoms with Crippen LogP contribution in [0, 0.1) is 6.92 Å². The summed E-state index contributed by atoms with van der Waals surface area (Å²) in [4.78, 5) is 4.29. The van der Waals surface area contributed by atoms with E-state index in [4.69, 9.17) is 20.9 Å². The maximum absolute atomic E-state index is 6.07. The lowest BCUT2D eigenvalue weighted by Gasteiger charge is -2.04. The van der Waals surface area contributed by atoms with Crippen LogP contribution in [-0.4, -0.2) is 17.3 Å². The van der Waals surface area contributed by atoms with Gasteiger partial charge in [-0.1, -0.05) is 18.1 Å². The molecule has 5 heteroatoms. The zero-order valence-corrected chi connectivity index (χ0v) is 11.4. The topological polar surface area (TPSA) is 48.2 Å². The summed E-state index contributed by atoms with van der Waals surface area (Å²) in [6.07, 6.45) is 0.762. The Morgan fingerprint density at radius 1 is 1.44 bits per heavy atom. The van der Waals surface area contributed by atoms with Crippen LogP contribution in [0.5, 0.6) is 5.75 Å². The average Bonchev–Trinajstić information content (AvgIpc) is 2.88. The van der Waals surface area contributed by atoms with Crippen LogP contribution in [0.25, 0.3) is 11.5 Å². The molecule has 0 fully saturated rings. The normalized spacial score (nSPS) is 12.4. The van der Waals surface area contributed by atoms with Crippen LogP contribution in [0.4, 0.5) is 0 Å². The maximum atomic E-state index is 6.07. The van der Waals surface area contributed by atoms with E-state index in [0.717, 1.165) is 23.3 Å². The standard InChI is InChI=1S/C13H15ClN2O2/c1-4-10(14)12-15-13(18-16-12)9-6-5-8(2)11(7-9)17-3/h5-7,10H,4H2,1-3H3. The summed E-state index contributed by atoms with van der Waals surface area (Å²) in [5, 5.41) is 3.67. The molecule has 96 valence electrons. The molecule has 0 N–H and O–H groups in total. The first-order valence-electron chi connectivity index (χ1n) is 5.78. The molecule has 1 atom stereocenters. The monoisotopic (exact) mass is 266 g/mol. The van der Waals surface area contributed by atoms with E-state index in [9.17, 15) is 0 Å². The average molecular weight is 267 g/mol. The zero-order valence-electron chi connectivity index (χ0n) is 10.6. The first-order valence-corrected chi connectivity index (χ1v) is 6.22. The quantitative estimate of drug-likeness (QED) is 0.791. The van der Waals surface area contributed by atoms with E-state index in [0.29, 0.717) is 11.7 Å². The molecule has 0 amide bonds. The molecule has 0 saturated carbocycles. The van der Waals surface area contributed by atoms with E-state index in [-0.39, 0.29) is 5.38 Å². The molecule has 1 aromatic heterocycles. The van der Waals surface area contributed by atoms with Crippen molar-refractivity contribution in [2.24, 2.45) is 0 Å². The Bertz CT molecular complexity index is 540. The Hall–Kier alpha value is -1.55.